The average Bonchev–Trinajstić information content (AvgIpc) is 2.50. The van der Waals surface area contributed by atoms with Crippen molar-refractivity contribution >= 4 is 19.7 Å². The molecule has 0 aliphatic rings. The van der Waals surface area contributed by atoms with Crippen molar-refractivity contribution < 1.29 is 8.98 Å². The lowest BCUT2D eigenvalue weighted by Gasteiger charge is -2.37. The third kappa shape index (κ3) is 6.96. The predicted molar refractivity (Wildman–Crippen MR) is 115 cm³/mol. The fraction of sp³-hybridized carbons (Fsp3) is 0.750. The van der Waals surface area contributed by atoms with E-state index in [1.807, 2.05) is 39.1 Å². The zero-order chi connectivity index (χ0) is 20.2. The Kier molecular flexibility index (Phi) is 8.36. The molecule has 6 heteroatoms. The highest BCUT2D eigenvalue weighted by Crippen LogP contribution is 2.37. The van der Waals surface area contributed by atoms with E-state index in [9.17, 15) is 4.55 Å². The van der Waals surface area contributed by atoms with Gasteiger partial charge in [-0.05, 0) is 64.4 Å². The van der Waals surface area contributed by atoms with Gasteiger partial charge in [0, 0.05) is 35.8 Å². The van der Waals surface area contributed by atoms with Gasteiger partial charge in [0.15, 0.2) is 8.32 Å². The monoisotopic (exact) mass is 398 g/mol. The Hall–Kier alpha value is -0.403. The van der Waals surface area contributed by atoms with Gasteiger partial charge in [-0.25, -0.2) is 0 Å². The van der Waals surface area contributed by atoms with Crippen LogP contribution in [0, 0.1) is 0 Å². The zero-order valence-corrected chi connectivity index (χ0v) is 19.9. The van der Waals surface area contributed by atoms with Crippen LogP contribution >= 0.6 is 0 Å². The molecule has 26 heavy (non-hydrogen) atoms. The van der Waals surface area contributed by atoms with Crippen LogP contribution in [0.3, 0.4) is 0 Å². The van der Waals surface area contributed by atoms with Crippen molar-refractivity contribution in [3.05, 3.63) is 30.1 Å². The number of nitrogens with zero attached hydrogens (tertiary/aromatic N) is 1. The highest BCUT2D eigenvalue weighted by atomic mass is 32.2. The molecular weight excluding hydrogens is 360 g/mol. The van der Waals surface area contributed by atoms with E-state index in [-0.39, 0.29) is 21.7 Å². The maximum Gasteiger partial charge on any atom is 0.191 e. The van der Waals surface area contributed by atoms with Gasteiger partial charge in [0.25, 0.3) is 0 Å². The minimum atomic E-state index is -1.77. The van der Waals surface area contributed by atoms with E-state index in [1.165, 1.54) is 0 Å². The second-order valence-corrected chi connectivity index (χ2v) is 16.4. The van der Waals surface area contributed by atoms with Gasteiger partial charge >= 0.3 is 0 Å². The third-order valence-corrected chi connectivity index (χ3v) is 11.5. The summed E-state index contributed by atoms with van der Waals surface area (Å²) in [4.78, 5) is 4.55. The van der Waals surface area contributed by atoms with Crippen LogP contribution < -0.4 is 4.72 Å². The van der Waals surface area contributed by atoms with Gasteiger partial charge in [0.1, 0.15) is 4.75 Å². The molecule has 0 fully saturated rings. The molecule has 2 unspecified atom stereocenters. The number of rotatable bonds is 8. The second kappa shape index (κ2) is 9.19. The molecule has 0 spiro atoms. The fourth-order valence-electron chi connectivity index (χ4n) is 2.33. The Morgan fingerprint density at radius 3 is 2.27 bits per heavy atom. The van der Waals surface area contributed by atoms with E-state index < -0.39 is 19.7 Å². The summed E-state index contributed by atoms with van der Waals surface area (Å²) in [5.41, 5.74) is 1.03. The van der Waals surface area contributed by atoms with E-state index >= 15 is 0 Å². The molecule has 0 bridgehead atoms. The van der Waals surface area contributed by atoms with Crippen molar-refractivity contribution in [3.63, 3.8) is 0 Å². The Bertz CT molecular complexity index is 541. The topological polar surface area (TPSA) is 57.2 Å². The first-order valence-corrected chi connectivity index (χ1v) is 13.5. The maximum atomic E-state index is 12.5. The maximum absolute atomic E-state index is 12.5. The number of hydrogen-bond donors (Lipinski definition) is 1. The van der Waals surface area contributed by atoms with Crippen molar-refractivity contribution in [2.45, 2.75) is 89.7 Å². The zero-order valence-electron chi connectivity index (χ0n) is 18.1. The van der Waals surface area contributed by atoms with Crippen LogP contribution in [0.15, 0.2) is 24.4 Å². The van der Waals surface area contributed by atoms with Crippen molar-refractivity contribution in [2.24, 2.45) is 0 Å². The molecule has 150 valence electrons. The molecular formula is C20H38N2O2SSi. The summed E-state index contributed by atoms with van der Waals surface area (Å²) < 4.78 is 21.9. The highest BCUT2D eigenvalue weighted by molar-refractivity contribution is 7.90. The Morgan fingerprint density at radius 1 is 1.19 bits per heavy atom. The standard InChI is InChI=1S/C20H38N2O2SSi/c1-16(22-25(23)19(2,3)4)17(18-12-10-11-14-21-18)13-15-24-26(8,9)20(5,6)7/h10-12,14,16-17,22H,13,15H2,1-9H3/t16-,17?,25?/m0/s1. The lowest BCUT2D eigenvalue weighted by atomic mass is 9.94. The van der Waals surface area contributed by atoms with Crippen LogP contribution in [0.5, 0.6) is 0 Å². The Balaban J connectivity index is 2.84. The fourth-order valence-corrected chi connectivity index (χ4v) is 4.25. The molecule has 1 aromatic heterocycles. The lowest BCUT2D eigenvalue weighted by Crippen LogP contribution is -2.46. The van der Waals surface area contributed by atoms with Gasteiger partial charge in [0.2, 0.25) is 0 Å². The van der Waals surface area contributed by atoms with Gasteiger partial charge in [-0.3, -0.25) is 4.98 Å². The van der Waals surface area contributed by atoms with Crippen molar-refractivity contribution in [1.82, 2.24) is 9.71 Å². The van der Waals surface area contributed by atoms with Crippen LogP contribution in [0.4, 0.5) is 0 Å². The van der Waals surface area contributed by atoms with Crippen molar-refractivity contribution in [3.8, 4) is 0 Å². The van der Waals surface area contributed by atoms with Gasteiger partial charge < -0.3 is 8.98 Å². The summed E-state index contributed by atoms with van der Waals surface area (Å²) in [5.74, 6) is 0.160. The van der Waals surface area contributed by atoms with Crippen molar-refractivity contribution in [1.29, 1.82) is 0 Å². The van der Waals surface area contributed by atoms with Crippen molar-refractivity contribution in [2.75, 3.05) is 6.61 Å². The Labute approximate surface area is 165 Å². The van der Waals surface area contributed by atoms with E-state index in [2.05, 4.69) is 56.6 Å². The van der Waals surface area contributed by atoms with Gasteiger partial charge in [-0.2, -0.15) is 0 Å². The summed E-state index contributed by atoms with van der Waals surface area (Å²) in [6.07, 6.45) is 2.68. The Morgan fingerprint density at radius 2 is 1.81 bits per heavy atom. The molecule has 4 nitrogen and oxygen atoms in total. The van der Waals surface area contributed by atoms with Crippen LogP contribution in [0.1, 0.15) is 66.5 Å². The largest absolute Gasteiger partial charge is 0.598 e. The quantitative estimate of drug-likeness (QED) is 0.493. The van der Waals surface area contributed by atoms with Crippen LogP contribution in [-0.2, 0) is 15.8 Å². The molecule has 0 radical (unpaired) electrons. The first kappa shape index (κ1) is 23.6. The lowest BCUT2D eigenvalue weighted by molar-refractivity contribution is 0.262. The van der Waals surface area contributed by atoms with Gasteiger partial charge in [-0.15, -0.1) is 4.72 Å². The molecule has 0 aliphatic carbocycles. The predicted octanol–water partition coefficient (Wildman–Crippen LogP) is 5.02. The second-order valence-electron chi connectivity index (χ2n) is 9.55. The molecule has 1 heterocycles. The van der Waals surface area contributed by atoms with Gasteiger partial charge in [0.05, 0.1) is 6.04 Å². The highest BCUT2D eigenvalue weighted by Gasteiger charge is 2.37. The minimum absolute atomic E-state index is 0.0490. The van der Waals surface area contributed by atoms with E-state index in [0.29, 0.717) is 6.61 Å². The summed E-state index contributed by atoms with van der Waals surface area (Å²) in [5, 5.41) is 0.199. The normalized spacial score (nSPS) is 17.0. The smallest absolute Gasteiger partial charge is 0.191 e. The van der Waals surface area contributed by atoms with E-state index in [1.54, 1.807) is 0 Å². The molecule has 0 aromatic carbocycles. The molecule has 0 saturated heterocycles. The van der Waals surface area contributed by atoms with Crippen LogP contribution in [-0.4, -0.2) is 35.2 Å². The molecule has 0 saturated carbocycles. The minimum Gasteiger partial charge on any atom is -0.598 e. The molecule has 1 N–H and O–H groups in total. The molecule has 0 aliphatic heterocycles. The molecule has 3 atom stereocenters. The molecule has 0 amide bonds. The SMILES string of the molecule is C[C@H](N[S+]([O-])C(C)(C)C)C(CCO[Si](C)(C)C(C)(C)C)c1ccccn1. The van der Waals surface area contributed by atoms with Crippen LogP contribution in [0.25, 0.3) is 0 Å². The number of hydrogen-bond acceptors (Lipinski definition) is 4. The average molecular weight is 399 g/mol. The molecule has 1 rings (SSSR count). The van der Waals surface area contributed by atoms with E-state index in [0.717, 1.165) is 12.1 Å². The first-order valence-electron chi connectivity index (χ1n) is 9.48. The number of aromatic nitrogens is 1. The summed E-state index contributed by atoms with van der Waals surface area (Å²) >= 11 is -1.11. The summed E-state index contributed by atoms with van der Waals surface area (Å²) in [6.45, 7) is 20.1. The number of pyridine rings is 1. The summed E-state index contributed by atoms with van der Waals surface area (Å²) in [6, 6.07) is 6.04. The van der Waals surface area contributed by atoms with Gasteiger partial charge in [-0.1, -0.05) is 26.8 Å². The summed E-state index contributed by atoms with van der Waals surface area (Å²) in [7, 11) is -1.77. The van der Waals surface area contributed by atoms with E-state index in [4.69, 9.17) is 4.43 Å². The first-order chi connectivity index (χ1) is 11.8. The molecule has 1 aromatic rings. The third-order valence-electron chi connectivity index (χ3n) is 5.22. The van der Waals surface area contributed by atoms with Crippen LogP contribution in [0.2, 0.25) is 18.1 Å². The number of nitrogens with one attached hydrogen (secondary N) is 1.